The zero-order chi connectivity index (χ0) is 100. The fraction of sp³-hybridized carbons (Fsp3) is 0.0989. The first-order valence-electron chi connectivity index (χ1n) is 36.9. The maximum atomic E-state index is 14.6. The van der Waals surface area contributed by atoms with Crippen molar-refractivity contribution in [3.05, 3.63) is 387 Å². The van der Waals surface area contributed by atoms with Crippen molar-refractivity contribution in [2.45, 2.75) is 47.0 Å². The molecule has 0 saturated heterocycles. The van der Waals surface area contributed by atoms with E-state index in [4.69, 9.17) is 39.8 Å². The number of hydrogen-bond acceptors (Lipinski definition) is 8. The molecule has 133 heavy (non-hydrogen) atoms. The van der Waals surface area contributed by atoms with Gasteiger partial charge in [-0.3, -0.25) is 0 Å². The molecule has 13 aromatic rings. The van der Waals surface area contributed by atoms with Crippen molar-refractivity contribution in [1.29, 1.82) is 0 Å². The Labute approximate surface area is 772 Å². The third kappa shape index (κ3) is 30.2. The van der Waals surface area contributed by atoms with Gasteiger partial charge in [0, 0.05) is 54.3 Å². The van der Waals surface area contributed by atoms with Gasteiger partial charge in [0.2, 0.25) is 11.6 Å². The molecule has 6 N–H and O–H groups in total. The van der Waals surface area contributed by atoms with E-state index in [0.29, 0.717) is 6.61 Å². The van der Waals surface area contributed by atoms with Gasteiger partial charge in [-0.25, -0.2) is 79.0 Å². The van der Waals surface area contributed by atoms with Crippen molar-refractivity contribution in [2.24, 2.45) is 0 Å². The van der Waals surface area contributed by atoms with Crippen LogP contribution in [-0.4, -0.2) is 70.1 Å². The van der Waals surface area contributed by atoms with E-state index in [1.807, 2.05) is 0 Å². The van der Waals surface area contributed by atoms with Gasteiger partial charge in [-0.05, 0) is 189 Å². The quantitative estimate of drug-likeness (QED) is 0.0404. The van der Waals surface area contributed by atoms with E-state index < -0.39 is 210 Å². The summed E-state index contributed by atoms with van der Waals surface area (Å²) in [4.78, 5) is 0. The van der Waals surface area contributed by atoms with Crippen LogP contribution in [0.25, 0.3) is 55.7 Å². The number of allylic oxidation sites excluding steroid dienone is 2. The Morgan fingerprint density at radius 2 is 0.579 bits per heavy atom. The number of ether oxygens (including phenoxy) is 2. The first kappa shape index (κ1) is 112. The van der Waals surface area contributed by atoms with Crippen LogP contribution in [0.15, 0.2) is 231 Å². The summed E-state index contributed by atoms with van der Waals surface area (Å²) < 4.78 is 375. The molecular weight excluding hydrogens is 2090 g/mol. The van der Waals surface area contributed by atoms with E-state index in [0.717, 1.165) is 95.5 Å². The van der Waals surface area contributed by atoms with Gasteiger partial charge < -0.3 is 39.8 Å². The molecule has 704 valence electrons. The van der Waals surface area contributed by atoms with Crippen LogP contribution in [0.4, 0.5) is 123 Å². The van der Waals surface area contributed by atoms with E-state index in [-0.39, 0.29) is 81.6 Å². The van der Waals surface area contributed by atoms with Crippen LogP contribution in [-0.2, 0) is 0 Å². The van der Waals surface area contributed by atoms with E-state index in [9.17, 15) is 123 Å². The molecule has 0 fully saturated rings. The molecule has 0 aliphatic heterocycles. The minimum atomic E-state index is -4.62. The van der Waals surface area contributed by atoms with Crippen LogP contribution < -0.4 is 20.4 Å². The largest absolute Gasteiger partial charge is 0.505 e. The van der Waals surface area contributed by atoms with Gasteiger partial charge in [0.1, 0.15) is 0 Å². The van der Waals surface area contributed by atoms with Crippen LogP contribution >= 0.6 is 63.7 Å². The average molecular weight is 2160 g/mol. The van der Waals surface area contributed by atoms with Crippen LogP contribution in [0, 0.1) is 149 Å². The molecule has 0 aromatic heterocycles. The third-order valence-electron chi connectivity index (χ3n) is 17.3. The van der Waals surface area contributed by atoms with Crippen molar-refractivity contribution in [2.75, 3.05) is 13.2 Å². The van der Waals surface area contributed by atoms with Gasteiger partial charge >= 0.3 is 26.6 Å². The number of phenolic OH excluding ortho intramolecular Hbond substituents is 2. The van der Waals surface area contributed by atoms with Gasteiger partial charge in [-0.15, -0.1) is 0 Å². The number of aromatic hydroxyl groups is 2. The monoisotopic (exact) mass is 2150 g/mol. The second kappa shape index (κ2) is 50.5. The maximum absolute atomic E-state index is 14.6. The zero-order valence-corrected chi connectivity index (χ0v) is 74.5. The summed E-state index contributed by atoms with van der Waals surface area (Å²) in [6.07, 6.45) is -8.97. The second-order valence-corrected chi connectivity index (χ2v) is 29.8. The first-order chi connectivity index (χ1) is 62.1. The zero-order valence-electron chi connectivity index (χ0n) is 68.1. The van der Waals surface area contributed by atoms with Gasteiger partial charge in [-0.1, -0.05) is 156 Å². The molecule has 0 aliphatic rings. The van der Waals surface area contributed by atoms with Crippen molar-refractivity contribution < 1.29 is 163 Å². The molecule has 0 spiro atoms. The van der Waals surface area contributed by atoms with Gasteiger partial charge in [0.25, 0.3) is 0 Å². The van der Waals surface area contributed by atoms with Crippen LogP contribution in [0.1, 0.15) is 41.7 Å². The van der Waals surface area contributed by atoms with E-state index >= 15 is 0 Å². The van der Waals surface area contributed by atoms with E-state index in [1.54, 1.807) is 26.0 Å². The van der Waals surface area contributed by atoms with Crippen molar-refractivity contribution in [1.82, 2.24) is 0 Å². The molecule has 0 heterocycles. The summed E-state index contributed by atoms with van der Waals surface area (Å²) in [7, 11) is -4.22. The molecule has 0 amide bonds. The molecule has 0 aliphatic carbocycles. The number of rotatable bonds is 12. The summed E-state index contributed by atoms with van der Waals surface area (Å²) in [6, 6.07) is 39.6. The summed E-state index contributed by atoms with van der Waals surface area (Å²) in [5.41, 5.74) is -5.57. The molecule has 0 atom stereocenters. The second-order valence-electron chi connectivity index (χ2n) is 26.3. The lowest BCUT2D eigenvalue weighted by Crippen LogP contribution is -2.33. The SMILES string of the molecule is C=C(c1ccc(-c2ccc(-c3ccc(C)c(F)c3F)c(F)c2F)cc1)C(F)(F)F.C=C(c1ccc(Br)cc1)C(F)(F)F.CCOc1ccc(B(O)O)c(F)c1F.CCOc1ccc(Br)c(F)c1F.Cc1ccc(-c2ccc(B(O)O)c(F)c2F)c(F)c1F.Cc1ccc(-c2cccc(F)c2F)c(F)c1F.Fc1cccc(Br)c1F.Oc1ccc(Br)c(F)c1F.Oc1cccc(F)c1F. The summed E-state index contributed by atoms with van der Waals surface area (Å²) >= 11 is 11.6. The predicted molar refractivity (Wildman–Crippen MR) is 459 cm³/mol. The van der Waals surface area contributed by atoms with Gasteiger partial charge in [-0.2, -0.15) is 43.9 Å². The molecule has 13 aromatic carbocycles. The fourth-order valence-corrected chi connectivity index (χ4v) is 11.5. The number of benzene rings is 13. The van der Waals surface area contributed by atoms with Crippen LogP contribution in [0.3, 0.4) is 0 Å². The molecule has 8 nitrogen and oxygen atoms in total. The number of halogens is 32. The highest BCUT2D eigenvalue weighted by molar-refractivity contribution is 9.11. The molecule has 0 unspecified atom stereocenters. The summed E-state index contributed by atoms with van der Waals surface area (Å²) in [5.74, 6) is -27.3. The standard InChI is InChI=1S/C22H13F7.C13H9BF4O2.C13H8F4.C9H6BrF3.C8H9BF2O3.C8H7BrF2O.C6H3BrF2O.C6H3BrF2.C6H4F2O/c1-11-3-8-16(20(25)18(11)23)17-10-9-15(19(24)21(17)26)14-6-4-13(5-7-14)12(2)22(27,28)29;1-6-2-3-7(11(16)10(6)15)8-4-5-9(14(19)20)13(18)12(8)17;1-7-5-6-9(13(17)11(7)15)8-3-2-4-10(14)12(8)16;1-6(9(11,12)13)7-2-4-8(10)5-3-7;1-2-14-6-4-3-5(9(12)13)7(10)8(6)11;1-2-12-6-4-3-5(9)7(10)8(6)11;7-3-1-2-4(10)6(9)5(3)8;7-4-2-1-3-5(8)6(4)9;7-4-2-1-3-5(9)6(4)8/h3-10H,2H2,1H3;2-5,19-20H,1H3;2-6H,1H3;2-5H,1H2;3-4,12-13H,2H2,1H3;3-4H,2H2,1H3;1-2,10H;1-3H;1-3,9H. The Hall–Kier alpha value is -11.5. The third-order valence-corrected chi connectivity index (χ3v) is 19.7. The van der Waals surface area contributed by atoms with Gasteiger partial charge in [0.05, 0.1) is 37.8 Å². The highest BCUT2D eigenvalue weighted by Gasteiger charge is 2.35. The number of phenols is 2. The van der Waals surface area contributed by atoms with E-state index in [1.165, 1.54) is 118 Å². The highest BCUT2D eigenvalue weighted by Crippen LogP contribution is 2.39. The summed E-state index contributed by atoms with van der Waals surface area (Å²) in [5, 5.41) is 52.1. The lowest BCUT2D eigenvalue weighted by Gasteiger charge is -2.13. The minimum Gasteiger partial charge on any atom is -0.505 e. The number of aryl methyl sites for hydroxylation is 3. The number of hydrogen-bond donors (Lipinski definition) is 6. The molecular formula is C91H62B2Br4F28O8. The maximum Gasteiger partial charge on any atom is 0.491 e. The topological polar surface area (TPSA) is 140 Å². The van der Waals surface area contributed by atoms with Crippen LogP contribution in [0.2, 0.25) is 0 Å². The minimum absolute atomic E-state index is 0.00259. The molecule has 0 radical (unpaired) electrons. The Morgan fingerprint density at radius 1 is 0.286 bits per heavy atom. The fourth-order valence-electron chi connectivity index (χ4n) is 10.3. The Morgan fingerprint density at radius 3 is 0.962 bits per heavy atom. The normalized spacial score (nSPS) is 10.6. The smallest absolute Gasteiger partial charge is 0.491 e. The highest BCUT2D eigenvalue weighted by atomic mass is 79.9. The molecule has 0 saturated carbocycles. The Kier molecular flexibility index (Phi) is 42.5. The molecule has 0 bridgehead atoms. The first-order valence-corrected chi connectivity index (χ1v) is 40.0. The van der Waals surface area contributed by atoms with Crippen LogP contribution in [0.5, 0.6) is 23.0 Å². The Balaban J connectivity index is 0.000000272. The van der Waals surface area contributed by atoms with Gasteiger partial charge in [0.15, 0.2) is 139 Å². The Bertz CT molecular complexity index is 6140. The van der Waals surface area contributed by atoms with Crippen molar-refractivity contribution in [3.63, 3.8) is 0 Å². The van der Waals surface area contributed by atoms with Crippen molar-refractivity contribution in [3.8, 4) is 67.5 Å². The van der Waals surface area contributed by atoms with E-state index in [2.05, 4.69) is 76.9 Å². The number of alkyl halides is 6. The average Bonchev–Trinajstić information content (AvgIpc) is 0.762. The lowest BCUT2D eigenvalue weighted by atomic mass is 9.79. The lowest BCUT2D eigenvalue weighted by molar-refractivity contribution is -0.0695. The predicted octanol–water partition coefficient (Wildman–Crippen LogP) is 27.6. The van der Waals surface area contributed by atoms with Crippen molar-refractivity contribution >= 4 is 100 Å². The summed E-state index contributed by atoms with van der Waals surface area (Å²) in [6.45, 7) is 13.9. The molecule has 13 rings (SSSR count). The molecule has 42 heteroatoms.